The smallest absolute Gasteiger partial charge is 0.316 e. The lowest BCUT2D eigenvalue weighted by Gasteiger charge is -2.47. The second kappa shape index (κ2) is 22.8. The van der Waals surface area contributed by atoms with Crippen LogP contribution in [0.3, 0.4) is 0 Å². The lowest BCUT2D eigenvalue weighted by Crippen LogP contribution is -2.60. The number of Topliss-reactive ketones (excluding diaryl/α,β-unsaturated/α-hetero) is 1. The van der Waals surface area contributed by atoms with Gasteiger partial charge in [0.15, 0.2) is 21.9 Å². The number of aliphatic hydroxyl groups excluding tert-OH is 2. The van der Waals surface area contributed by atoms with E-state index in [9.17, 15) is 47.6 Å². The first kappa shape index (κ1) is 56.1. The van der Waals surface area contributed by atoms with Crippen LogP contribution in [0.1, 0.15) is 98.9 Å². The lowest BCUT2D eigenvalue weighted by molar-refractivity contribution is -0.300. The largest absolute Gasteiger partial charge is 0.459 e. The van der Waals surface area contributed by atoms with Gasteiger partial charge in [0.25, 0.3) is 0 Å². The molecular formula is C48H74FN5O14S. The number of benzene rings is 1. The zero-order chi connectivity index (χ0) is 51.4. The summed E-state index contributed by atoms with van der Waals surface area (Å²) >= 11 is 0. The van der Waals surface area contributed by atoms with E-state index in [0.717, 1.165) is 11.8 Å². The van der Waals surface area contributed by atoms with Crippen molar-refractivity contribution in [2.45, 2.75) is 165 Å². The molecular weight excluding hydrogens is 922 g/mol. The van der Waals surface area contributed by atoms with E-state index < -0.39 is 137 Å². The molecule has 19 nitrogen and oxygen atoms in total. The van der Waals surface area contributed by atoms with Crippen molar-refractivity contribution in [2.75, 3.05) is 46.3 Å². The van der Waals surface area contributed by atoms with Crippen molar-refractivity contribution in [3.63, 3.8) is 0 Å². The summed E-state index contributed by atoms with van der Waals surface area (Å²) in [4.78, 5) is 43.4. The highest BCUT2D eigenvalue weighted by molar-refractivity contribution is 7.90. The number of esters is 1. The summed E-state index contributed by atoms with van der Waals surface area (Å²) in [6.45, 7) is 12.0. The number of hydrogen-bond acceptors (Lipinski definition) is 17. The number of alkyl halides is 1. The fraction of sp³-hybridized carbons (Fsp3) is 0.729. The maximum atomic E-state index is 14.6. The number of carbonyl (C=O) groups excluding carboxylic acids is 3. The van der Waals surface area contributed by atoms with Crippen molar-refractivity contribution in [1.29, 1.82) is 0 Å². The summed E-state index contributed by atoms with van der Waals surface area (Å²) in [5.41, 5.74) is -3.48. The molecule has 1 fully saturated rings. The molecule has 5 rings (SSSR count). The molecule has 0 spiro atoms. The van der Waals surface area contributed by atoms with Crippen LogP contribution in [-0.2, 0) is 60.7 Å². The van der Waals surface area contributed by atoms with E-state index >= 15 is 0 Å². The number of ether oxygens (including phenoxy) is 5. The van der Waals surface area contributed by atoms with Crippen LogP contribution in [0.25, 0.3) is 0 Å². The summed E-state index contributed by atoms with van der Waals surface area (Å²) in [7, 11) is -1.57. The first-order chi connectivity index (χ1) is 32.2. The van der Waals surface area contributed by atoms with Crippen LogP contribution < -0.4 is 5.32 Å². The molecule has 0 radical (unpaired) electrons. The van der Waals surface area contributed by atoms with Gasteiger partial charge in [0.2, 0.25) is 5.91 Å². The van der Waals surface area contributed by atoms with Gasteiger partial charge in [-0.25, -0.2) is 17.5 Å². The van der Waals surface area contributed by atoms with Crippen molar-refractivity contribution in [2.24, 2.45) is 17.8 Å². The summed E-state index contributed by atoms with van der Waals surface area (Å²) in [5.74, 6) is -5.33. The van der Waals surface area contributed by atoms with E-state index in [1.807, 2.05) is 18.9 Å². The quantitative estimate of drug-likeness (QED) is 0.135. The van der Waals surface area contributed by atoms with Gasteiger partial charge in [-0.05, 0) is 78.6 Å². The topological polar surface area (TPSA) is 258 Å². The minimum Gasteiger partial charge on any atom is -0.459 e. The van der Waals surface area contributed by atoms with Crippen molar-refractivity contribution < 1.29 is 71.3 Å². The van der Waals surface area contributed by atoms with E-state index in [1.165, 1.54) is 37.6 Å². The minimum absolute atomic E-state index is 0.0667. The number of cyclic esters (lactones) is 1. The highest BCUT2D eigenvalue weighted by Crippen LogP contribution is 2.41. The van der Waals surface area contributed by atoms with Gasteiger partial charge >= 0.3 is 5.97 Å². The van der Waals surface area contributed by atoms with Crippen LogP contribution in [-0.4, -0.2) is 172 Å². The van der Waals surface area contributed by atoms with Gasteiger partial charge in [-0.3, -0.25) is 14.4 Å². The lowest BCUT2D eigenvalue weighted by atomic mass is 9.77. The number of hydrogen-bond donors (Lipinski definition) is 5. The van der Waals surface area contributed by atoms with Crippen molar-refractivity contribution in [1.82, 2.24) is 25.2 Å². The number of sulfone groups is 1. The van der Waals surface area contributed by atoms with E-state index in [1.54, 1.807) is 52.9 Å². The second-order valence-corrected chi connectivity index (χ2v) is 22.1. The van der Waals surface area contributed by atoms with Gasteiger partial charge in [0, 0.05) is 62.3 Å². The standard InChI is InChI=1S/C48H74FN5O14S/c1-12-38-47(9,60)43-29(4)39(50-32(7)56)27(2)21-46(8,65-26-48(61,24-55)25-64-43)42(30(5)40(57)31(6)44(59)67-38)68-45-41(58)37(19-28(3)66-45)53(10)18-17-34-23-54(52-51-34)35(22-49)20-33-13-15-36(16-14-33)69(11,62)63/h13-16,23,28-31,35,37-38,41-43,45,55,58,60-61H,12,17-22,24-26H2,1-11H3,(H,50,56)/b39-27+/t28-,29+,30+,31-,35+,37+,38-,41-,42-,43-,45+,46-,47-,48?/m1/s1. The van der Waals surface area contributed by atoms with Crippen LogP contribution in [0.5, 0.6) is 0 Å². The fourth-order valence-corrected chi connectivity index (χ4v) is 10.6. The Morgan fingerprint density at radius 3 is 2.36 bits per heavy atom. The number of amides is 1. The number of nitrogens with one attached hydrogen (secondary N) is 1. The number of rotatable bonds is 14. The van der Waals surface area contributed by atoms with Gasteiger partial charge in [-0.1, -0.05) is 43.7 Å². The molecule has 2 bridgehead atoms. The van der Waals surface area contributed by atoms with E-state index in [4.69, 9.17) is 23.7 Å². The Hall–Kier alpha value is -3.77. The van der Waals surface area contributed by atoms with Crippen LogP contribution in [0, 0.1) is 17.8 Å². The van der Waals surface area contributed by atoms with Gasteiger partial charge in [-0.2, -0.15) is 0 Å². The monoisotopic (exact) mass is 995 g/mol. The van der Waals surface area contributed by atoms with E-state index in [2.05, 4.69) is 15.6 Å². The SMILES string of the molecule is CC[C@H]1OC(=O)[C@H](C)C(=O)[C@H](C)[C@@H](O[C@@H]2O[C@H](C)C[C@H](N(C)CCc3cn([C@H](CF)Cc4ccc(S(C)(=O)=O)cc4)nn3)[C@H]2O)[C@@]2(C)C/C(C)=C(/NC(C)=O)[C@H](C)[C@@H](OCC(O)(CO)CO2)[C@]1(C)O. The molecule has 14 atom stereocenters. The number of nitrogens with zero attached hydrogens (tertiary/aromatic N) is 4. The summed E-state index contributed by atoms with van der Waals surface area (Å²) < 4.78 is 71.6. The van der Waals surface area contributed by atoms with E-state index in [0.29, 0.717) is 36.4 Å². The zero-order valence-corrected chi connectivity index (χ0v) is 42.6. The number of ketones is 1. The maximum absolute atomic E-state index is 14.6. The Kier molecular flexibility index (Phi) is 18.5. The Morgan fingerprint density at radius 1 is 1.10 bits per heavy atom. The summed E-state index contributed by atoms with van der Waals surface area (Å²) in [6, 6.07) is 5.01. The van der Waals surface area contributed by atoms with Gasteiger partial charge < -0.3 is 54.3 Å². The molecule has 21 heteroatoms. The molecule has 1 saturated heterocycles. The summed E-state index contributed by atoms with van der Waals surface area (Å²) in [6.07, 6.45) is -3.20. The molecule has 69 heavy (non-hydrogen) atoms. The molecule has 0 saturated carbocycles. The van der Waals surface area contributed by atoms with E-state index in [-0.39, 0.29) is 24.2 Å². The highest BCUT2D eigenvalue weighted by atomic mass is 32.2. The molecule has 1 amide bonds. The number of aromatic nitrogens is 3. The van der Waals surface area contributed by atoms with Gasteiger partial charge in [-0.15, -0.1) is 5.10 Å². The van der Waals surface area contributed by atoms with Crippen LogP contribution in [0.2, 0.25) is 0 Å². The van der Waals surface area contributed by atoms with Gasteiger partial charge in [0.1, 0.15) is 36.0 Å². The number of likely N-dealkylation sites (N-methyl/N-ethyl adjacent to an activating group) is 1. The predicted octanol–water partition coefficient (Wildman–Crippen LogP) is 2.42. The molecule has 1 unspecified atom stereocenters. The number of halogens is 1. The minimum atomic E-state index is -3.39. The zero-order valence-electron chi connectivity index (χ0n) is 41.8. The van der Waals surface area contributed by atoms with Crippen LogP contribution in [0.4, 0.5) is 4.39 Å². The number of fused-ring (bicyclic) bond motifs is 4. The molecule has 1 aromatic heterocycles. The average molecular weight is 996 g/mol. The third-order valence-electron chi connectivity index (χ3n) is 14.0. The van der Waals surface area contributed by atoms with Crippen LogP contribution in [0.15, 0.2) is 46.6 Å². The molecule has 1 aromatic carbocycles. The Morgan fingerprint density at radius 2 is 1.77 bits per heavy atom. The van der Waals surface area contributed by atoms with Crippen LogP contribution >= 0.6 is 0 Å². The third-order valence-corrected chi connectivity index (χ3v) is 15.2. The molecule has 0 aliphatic carbocycles. The number of carbonyl (C=O) groups is 3. The van der Waals surface area contributed by atoms with Crippen molar-refractivity contribution in [3.05, 3.63) is 53.0 Å². The first-order valence-corrected chi connectivity index (χ1v) is 25.5. The van der Waals surface area contributed by atoms with Crippen molar-refractivity contribution >= 4 is 27.5 Å². The molecule has 3 aliphatic heterocycles. The molecule has 2 aromatic rings. The molecule has 4 heterocycles. The van der Waals surface area contributed by atoms with Gasteiger partial charge in [0.05, 0.1) is 60.4 Å². The first-order valence-electron chi connectivity index (χ1n) is 23.7. The molecule has 5 N–H and O–H groups in total. The molecule has 3 aliphatic rings. The Balaban J connectivity index is 1.47. The van der Waals surface area contributed by atoms with Crippen molar-refractivity contribution in [3.8, 4) is 0 Å². The Labute approximate surface area is 405 Å². The average Bonchev–Trinajstić information content (AvgIpc) is 3.77. The predicted molar refractivity (Wildman–Crippen MR) is 249 cm³/mol. The summed E-state index contributed by atoms with van der Waals surface area (Å²) in [5, 5.41) is 58.2. The maximum Gasteiger partial charge on any atom is 0.316 e. The third kappa shape index (κ3) is 13.2. The second-order valence-electron chi connectivity index (χ2n) is 20.0. The highest BCUT2D eigenvalue weighted by Gasteiger charge is 2.53. The Bertz CT molecular complexity index is 2240. The normalized spacial score (nSPS) is 36.0. The molecule has 388 valence electrons. The number of aliphatic hydroxyl groups is 4. The fourth-order valence-electron chi connectivity index (χ4n) is 9.94.